The molecule has 2 aromatic rings. The van der Waals surface area contributed by atoms with Gasteiger partial charge in [-0.2, -0.15) is 0 Å². The largest absolute Gasteiger partial charge is 0.816 e. The van der Waals surface area contributed by atoms with Gasteiger partial charge in [-0.3, -0.25) is 4.79 Å². The maximum Gasteiger partial charge on any atom is 0.816 e. The number of carboxylic acids is 1. The van der Waals surface area contributed by atoms with Crippen LogP contribution < -0.4 is 15.0 Å². The van der Waals surface area contributed by atoms with Crippen molar-refractivity contribution in [2.45, 2.75) is 6.92 Å². The van der Waals surface area contributed by atoms with Gasteiger partial charge in [-0.05, 0) is 24.3 Å². The van der Waals surface area contributed by atoms with Crippen LogP contribution >= 0.6 is 0 Å². The van der Waals surface area contributed by atoms with Crippen LogP contribution in [-0.2, 0) is 14.5 Å². The fraction of sp³-hybridized carbons (Fsp3) is 0.188. The van der Waals surface area contributed by atoms with Crippen LogP contribution in [0.25, 0.3) is 0 Å². The van der Waals surface area contributed by atoms with E-state index in [1.807, 2.05) is 36.4 Å². The predicted octanol–water partition coefficient (Wildman–Crippen LogP) is 2.13. The highest BCUT2D eigenvalue weighted by atomic mass is 17.2. The number of hydrogen-bond donors (Lipinski definition) is 2. The number of carboxylic acid groups (broad SMARTS) is 1. The average Bonchev–Trinajstić information content (AvgIpc) is 2.56. The van der Waals surface area contributed by atoms with Gasteiger partial charge in [-0.15, -0.1) is 0 Å². The molecule has 0 unspecified atom stereocenters. The number of nitrogens with two attached hydrogens (primary N) is 1. The van der Waals surface area contributed by atoms with E-state index in [1.165, 1.54) is 0 Å². The second kappa shape index (κ2) is 11.9. The summed E-state index contributed by atoms with van der Waals surface area (Å²) in [5.74, 6) is 0.398. The van der Waals surface area contributed by atoms with Crippen molar-refractivity contribution in [1.29, 1.82) is 0 Å². The zero-order chi connectivity index (χ0) is 17.6. The first-order valence-electron chi connectivity index (χ1n) is 7.23. The molecule has 8 heteroatoms. The molecule has 128 valence electrons. The Kier molecular flexibility index (Phi) is 9.71. The molecule has 0 amide bonds. The Hall–Kier alpha value is -2.55. The minimum Gasteiger partial charge on any atom is -0.499 e. The maximum absolute atomic E-state index is 9.00. The van der Waals surface area contributed by atoms with E-state index in [0.717, 1.165) is 6.92 Å². The number of carbonyl (C=O) groups is 1. The summed E-state index contributed by atoms with van der Waals surface area (Å²) in [6, 6.07) is 18.4. The number of aliphatic carboxylic acids is 1. The van der Waals surface area contributed by atoms with Crippen molar-refractivity contribution in [3.8, 4) is 11.5 Å². The zero-order valence-electron chi connectivity index (χ0n) is 13.3. The summed E-state index contributed by atoms with van der Waals surface area (Å²) in [5, 5.41) is 7.42. The van der Waals surface area contributed by atoms with E-state index in [4.69, 9.17) is 34.6 Å². The quantitative estimate of drug-likeness (QED) is 0.330. The summed E-state index contributed by atoms with van der Waals surface area (Å²) < 4.78 is 11.1. The molecule has 0 fully saturated rings. The number of hydrogen-bond acceptors (Lipinski definition) is 6. The van der Waals surface area contributed by atoms with E-state index in [0.29, 0.717) is 18.0 Å². The Morgan fingerprint density at radius 3 is 1.79 bits per heavy atom. The first-order chi connectivity index (χ1) is 11.6. The van der Waals surface area contributed by atoms with Gasteiger partial charge in [0.1, 0.15) is 11.5 Å². The molecule has 0 spiro atoms. The second-order valence-corrected chi connectivity index (χ2v) is 4.38. The van der Waals surface area contributed by atoms with Crippen molar-refractivity contribution >= 4 is 13.3 Å². The van der Waals surface area contributed by atoms with Crippen molar-refractivity contribution < 1.29 is 28.9 Å². The molecular formula is C16H20BNO6. The van der Waals surface area contributed by atoms with E-state index in [1.54, 1.807) is 24.3 Å². The standard InChI is InChI=1S/C14H16BNO4.C2H4O2/c16-11-12-17-20-15(18-13-7-3-1-4-8-13)19-14-9-5-2-6-10-14;1-2(3)4/h1-10H,11-12,16H2;1H3,(H,3,4). The van der Waals surface area contributed by atoms with Gasteiger partial charge in [-0.25, -0.2) is 9.69 Å². The summed E-state index contributed by atoms with van der Waals surface area (Å²) in [5.41, 5.74) is 5.33. The molecule has 0 aliphatic heterocycles. The number of benzene rings is 2. The molecule has 0 heterocycles. The van der Waals surface area contributed by atoms with Crippen LogP contribution in [0.2, 0.25) is 0 Å². The molecule has 0 atom stereocenters. The Balaban J connectivity index is 0.000000648. The van der Waals surface area contributed by atoms with Crippen LogP contribution in [0, 0.1) is 0 Å². The highest BCUT2D eigenvalue weighted by molar-refractivity contribution is 6.38. The summed E-state index contributed by atoms with van der Waals surface area (Å²) in [6.45, 7) is 1.69. The van der Waals surface area contributed by atoms with Gasteiger partial charge >= 0.3 is 7.32 Å². The molecule has 0 radical (unpaired) electrons. The third-order valence-corrected chi connectivity index (χ3v) is 2.30. The minimum absolute atomic E-state index is 0.257. The lowest BCUT2D eigenvalue weighted by molar-refractivity contribution is -0.228. The van der Waals surface area contributed by atoms with Gasteiger partial charge in [0, 0.05) is 13.5 Å². The van der Waals surface area contributed by atoms with Gasteiger partial charge in [0.2, 0.25) is 0 Å². The molecule has 2 aromatic carbocycles. The first-order valence-corrected chi connectivity index (χ1v) is 7.23. The van der Waals surface area contributed by atoms with Crippen LogP contribution in [0.4, 0.5) is 0 Å². The van der Waals surface area contributed by atoms with E-state index in [9.17, 15) is 0 Å². The summed E-state index contributed by atoms with van der Waals surface area (Å²) >= 11 is 0. The molecule has 0 aromatic heterocycles. The van der Waals surface area contributed by atoms with Crippen LogP contribution in [0.15, 0.2) is 60.7 Å². The Morgan fingerprint density at radius 2 is 1.42 bits per heavy atom. The monoisotopic (exact) mass is 333 g/mol. The van der Waals surface area contributed by atoms with Crippen molar-refractivity contribution in [2.24, 2.45) is 5.73 Å². The predicted molar refractivity (Wildman–Crippen MR) is 89.3 cm³/mol. The Labute approximate surface area is 141 Å². The molecule has 0 aliphatic carbocycles. The second-order valence-electron chi connectivity index (χ2n) is 4.38. The third kappa shape index (κ3) is 9.47. The van der Waals surface area contributed by atoms with Crippen LogP contribution in [0.1, 0.15) is 6.92 Å². The Bertz CT molecular complexity index is 524. The molecule has 0 saturated heterocycles. The lowest BCUT2D eigenvalue weighted by Crippen LogP contribution is -2.34. The van der Waals surface area contributed by atoms with Crippen LogP contribution in [0.3, 0.4) is 0 Å². The van der Waals surface area contributed by atoms with Crippen LogP contribution in [-0.4, -0.2) is 31.5 Å². The van der Waals surface area contributed by atoms with Gasteiger partial charge in [0.05, 0.1) is 6.61 Å². The van der Waals surface area contributed by atoms with E-state index < -0.39 is 13.3 Å². The van der Waals surface area contributed by atoms with Gasteiger partial charge in [0.25, 0.3) is 5.97 Å². The van der Waals surface area contributed by atoms with Gasteiger partial charge < -0.3 is 20.1 Å². The highest BCUT2D eigenvalue weighted by Crippen LogP contribution is 2.14. The normalized spacial score (nSPS) is 9.42. The first kappa shape index (κ1) is 19.5. The van der Waals surface area contributed by atoms with Crippen molar-refractivity contribution in [1.82, 2.24) is 0 Å². The molecule has 2 rings (SSSR count). The summed E-state index contributed by atoms with van der Waals surface area (Å²) in [6.07, 6.45) is 0. The minimum atomic E-state index is -1.01. The molecule has 0 aliphatic rings. The van der Waals surface area contributed by atoms with Crippen molar-refractivity contribution in [3.63, 3.8) is 0 Å². The average molecular weight is 333 g/mol. The van der Waals surface area contributed by atoms with E-state index in [2.05, 4.69) is 0 Å². The maximum atomic E-state index is 9.00. The van der Waals surface area contributed by atoms with E-state index >= 15 is 0 Å². The SMILES string of the molecule is CC(=O)O.NCCOOB(Oc1ccccc1)Oc1ccccc1. The van der Waals surface area contributed by atoms with Crippen LogP contribution in [0.5, 0.6) is 11.5 Å². The topological polar surface area (TPSA) is 100 Å². The molecule has 0 saturated carbocycles. The zero-order valence-corrected chi connectivity index (χ0v) is 13.3. The summed E-state index contributed by atoms with van der Waals surface area (Å²) in [4.78, 5) is 19.0. The third-order valence-electron chi connectivity index (χ3n) is 2.30. The molecule has 0 bridgehead atoms. The fourth-order valence-electron chi connectivity index (χ4n) is 1.44. The fourth-order valence-corrected chi connectivity index (χ4v) is 1.44. The lowest BCUT2D eigenvalue weighted by Gasteiger charge is -2.14. The summed E-state index contributed by atoms with van der Waals surface area (Å²) in [7, 11) is -1.01. The highest BCUT2D eigenvalue weighted by Gasteiger charge is 2.28. The molecule has 3 N–H and O–H groups in total. The smallest absolute Gasteiger partial charge is 0.499 e. The van der Waals surface area contributed by atoms with E-state index in [-0.39, 0.29) is 6.61 Å². The number of para-hydroxylation sites is 2. The molecular weight excluding hydrogens is 313 g/mol. The van der Waals surface area contributed by atoms with Gasteiger partial charge in [0.15, 0.2) is 0 Å². The van der Waals surface area contributed by atoms with Gasteiger partial charge in [-0.1, -0.05) is 36.4 Å². The molecule has 7 nitrogen and oxygen atoms in total. The molecule has 24 heavy (non-hydrogen) atoms. The van der Waals surface area contributed by atoms with Crippen molar-refractivity contribution in [3.05, 3.63) is 60.7 Å². The Morgan fingerprint density at radius 1 is 1.00 bits per heavy atom. The lowest BCUT2D eigenvalue weighted by atomic mass is 10.2. The van der Waals surface area contributed by atoms with Crippen molar-refractivity contribution in [2.75, 3.05) is 13.2 Å². The number of rotatable bonds is 8.